The summed E-state index contributed by atoms with van der Waals surface area (Å²) in [5, 5.41) is 239. The van der Waals surface area contributed by atoms with Crippen LogP contribution in [0.5, 0.6) is 0 Å². The van der Waals surface area contributed by atoms with Crippen LogP contribution in [0.4, 0.5) is 0 Å². The lowest BCUT2D eigenvalue weighted by molar-refractivity contribution is -0.395. The molecule has 22 N–H and O–H groups in total. The molecule has 596 valence electrons. The lowest BCUT2D eigenvalue weighted by atomic mass is 9.95. The molecule has 21 fully saturated rings. The molecule has 37 atom stereocenters. The van der Waals surface area contributed by atoms with Gasteiger partial charge in [0, 0.05) is 42.3 Å². The number of aliphatic hydroxyl groups is 19. The van der Waals surface area contributed by atoms with Gasteiger partial charge in [0.15, 0.2) is 44.0 Å². The van der Waals surface area contributed by atoms with E-state index >= 15 is 0 Å². The van der Waals surface area contributed by atoms with Gasteiger partial charge in [0.05, 0.1) is 77.6 Å². The molecule has 0 aromatic heterocycles. The molecule has 103 heavy (non-hydrogen) atoms. The number of carboxylic acid groups (broad SMARTS) is 2. The molecule has 0 radical (unpaired) electrons. The van der Waals surface area contributed by atoms with Gasteiger partial charge in [-0.3, -0.25) is 19.2 Å². The van der Waals surface area contributed by atoms with Crippen LogP contribution in [0.15, 0.2) is 0 Å². The van der Waals surface area contributed by atoms with Crippen molar-refractivity contribution >= 4 is 47.0 Å². The van der Waals surface area contributed by atoms with E-state index < -0.39 is 290 Å². The minimum atomic E-state index is -2.31. The van der Waals surface area contributed by atoms with Gasteiger partial charge in [0.1, 0.15) is 176 Å². The molecule has 42 nitrogen and oxygen atoms in total. The Balaban J connectivity index is 1.08. The van der Waals surface area contributed by atoms with E-state index in [0.717, 1.165) is 23.5 Å². The first kappa shape index (κ1) is 86.1. The molecule has 15 unspecified atom stereocenters. The zero-order chi connectivity index (χ0) is 75.4. The zero-order valence-corrected chi connectivity index (χ0v) is 57.2. The summed E-state index contributed by atoms with van der Waals surface area (Å²) in [6.45, 7) is -3.91. The van der Waals surface area contributed by atoms with Crippen molar-refractivity contribution in [3.05, 3.63) is 0 Å². The number of carbonyl (C=O) groups excluding carboxylic acids is 2. The predicted molar refractivity (Wildman–Crippen MR) is 332 cm³/mol. The monoisotopic (exact) mass is 1540 g/mol. The third-order valence-electron chi connectivity index (χ3n) is 18.6. The SMILES string of the molecule is CN[C@H](CSCC1OC2O[C@H]3C(CO)OC(O[C@H]4C(CO)OC(O[C@H]5C(CO)O[C@@H](O[C@H]6C(CSC[C@@H](CC(=O)CCOCCOCCC(C)=O)C(=O)O)O[C@@H](O[C@H]7C(CO)O[C@@H](O[C@H]8C(CO)O[C@@H](O[C@@H]1[C@H](O)C2O)C(O)[C@H]8O)C(O)[C@H]7O)C(O)[C@H]6O)C(O)[C@H]5O)[C@H](O)[C@H]4O)[C@H](O)[C@H]3O)C(=O)O. The molecule has 0 aliphatic carbocycles. The molecule has 21 aliphatic heterocycles. The van der Waals surface area contributed by atoms with Crippen LogP contribution in [-0.4, -0.2) is 441 Å². The molecule has 0 aromatic carbocycles. The summed E-state index contributed by atoms with van der Waals surface area (Å²) in [5.41, 5.74) is 0. The molecule has 14 bridgehead atoms. The van der Waals surface area contributed by atoms with E-state index in [0.29, 0.717) is 0 Å². The maximum atomic E-state index is 13.0. The highest BCUT2D eigenvalue weighted by Gasteiger charge is 2.60. The molecule has 21 heterocycles. The third-order valence-corrected chi connectivity index (χ3v) is 20.9. The van der Waals surface area contributed by atoms with Gasteiger partial charge >= 0.3 is 11.9 Å². The average Bonchev–Trinajstić information content (AvgIpc) is 0.785. The number of carbonyl (C=O) groups is 4. The summed E-state index contributed by atoms with van der Waals surface area (Å²) in [4.78, 5) is 48.7. The van der Waals surface area contributed by atoms with E-state index in [2.05, 4.69) is 5.32 Å². The van der Waals surface area contributed by atoms with Crippen molar-refractivity contribution < 1.29 is 202 Å². The Labute approximate surface area is 595 Å². The number of thioether (sulfide) groups is 2. The highest BCUT2D eigenvalue weighted by Crippen LogP contribution is 2.40. The van der Waals surface area contributed by atoms with Crippen LogP contribution in [0, 0.1) is 5.92 Å². The van der Waals surface area contributed by atoms with Crippen LogP contribution in [0.3, 0.4) is 0 Å². The number of hydrogen-bond acceptors (Lipinski definition) is 42. The molecule has 21 aliphatic rings. The number of Topliss-reactive ketones (excluding diaryl/α,β-unsaturated/α-hetero) is 2. The largest absolute Gasteiger partial charge is 0.481 e. The van der Waals surface area contributed by atoms with Crippen molar-refractivity contribution in [1.82, 2.24) is 5.32 Å². The number of aliphatic carboxylic acids is 2. The molecule has 44 heteroatoms. The average molecular weight is 1540 g/mol. The van der Waals surface area contributed by atoms with Gasteiger partial charge in [-0.1, -0.05) is 0 Å². The molecule has 0 amide bonds. The quantitative estimate of drug-likeness (QED) is 0.0340. The fraction of sp³-hybridized carbons (Fsp3) is 0.932. The molecule has 0 aromatic rings. The third kappa shape index (κ3) is 21.0. The maximum Gasteiger partial charge on any atom is 0.321 e. The molecule has 0 spiro atoms. The van der Waals surface area contributed by atoms with E-state index in [1.165, 1.54) is 14.0 Å². The van der Waals surface area contributed by atoms with Gasteiger partial charge in [-0.25, -0.2) is 0 Å². The summed E-state index contributed by atoms with van der Waals surface area (Å²) in [5.74, 6) is -6.08. The number of ether oxygens (including phenoxy) is 16. The van der Waals surface area contributed by atoms with Crippen molar-refractivity contribution in [2.24, 2.45) is 5.92 Å². The second-order valence-electron chi connectivity index (χ2n) is 25.7. The van der Waals surface area contributed by atoms with Gasteiger partial charge in [-0.05, 0) is 14.0 Å². The summed E-state index contributed by atoms with van der Waals surface area (Å²) >= 11 is 1.66. The maximum absolute atomic E-state index is 13.0. The van der Waals surface area contributed by atoms with E-state index in [4.69, 9.17) is 75.8 Å². The Morgan fingerprint density at radius 2 is 0.602 bits per heavy atom. The molecule has 21 saturated heterocycles. The highest BCUT2D eigenvalue weighted by atomic mass is 32.2. The number of likely N-dealkylation sites (N-methyl/N-ethyl adjacent to an activating group) is 1. The minimum absolute atomic E-state index is 0.0645. The first-order valence-corrected chi connectivity index (χ1v) is 35.5. The standard InChI is InChI=1S/C59H97NO41S2/c1-19(66)3-5-86-7-8-87-6-4-21(67)9-20(51(82)83)15-102-17-28-49-35(73)42(80)58(93-28)98-47-26(13-64)89-55(38(76)31(47)69)97-46-25(12-63)92-57(41(79)34(46)72)101-50-29(18-103-16-22(60-2)52(84)85)94-59(43(81)36(50)74)99-48-27(14-65)90-54(39(77)32(48)70)95-44-23(10-61)88-53(37(75)30(44)68)96-45-24(11-62)91-56(100-49)40(78)33(45)71/h20,22-50,53-65,68-81H,3-18H2,1-2H3,(H,82,83)(H,84,85)/t20-,22-,23?,24?,25?,26?,27?,28?,29?,30-,31-,32-,33-,34-,35-,36-,37-,38?,39-,40?,41?,42?,43?,44+,45+,46+,47+,48+,49+,50+,53?,54?,55+,56+,57+,58+,59?/m1/s1. The second-order valence-corrected chi connectivity index (χ2v) is 27.9. The summed E-state index contributed by atoms with van der Waals surface area (Å²) in [7, 11) is 1.35. The Morgan fingerprint density at radius 3 is 0.845 bits per heavy atom. The fourth-order valence-electron chi connectivity index (χ4n) is 12.6. The predicted octanol–water partition coefficient (Wildman–Crippen LogP) is -13.0. The van der Waals surface area contributed by atoms with Crippen molar-refractivity contribution in [3.8, 4) is 0 Å². The van der Waals surface area contributed by atoms with Crippen LogP contribution in [0.2, 0.25) is 0 Å². The number of hydrogen-bond donors (Lipinski definition) is 22. The van der Waals surface area contributed by atoms with Gasteiger partial charge < -0.3 is 188 Å². The van der Waals surface area contributed by atoms with Crippen LogP contribution >= 0.6 is 23.5 Å². The topological polar surface area (TPSA) is 653 Å². The fourth-order valence-corrected chi connectivity index (χ4v) is 15.0. The van der Waals surface area contributed by atoms with Crippen molar-refractivity contribution in [3.63, 3.8) is 0 Å². The second kappa shape index (κ2) is 40.0. The van der Waals surface area contributed by atoms with E-state index in [1.807, 2.05) is 0 Å². The Kier molecular flexibility index (Phi) is 33.4. The van der Waals surface area contributed by atoms with Crippen molar-refractivity contribution in [2.75, 3.05) is 89.5 Å². The van der Waals surface area contributed by atoms with Crippen LogP contribution in [0.25, 0.3) is 0 Å². The number of ketones is 2. The van der Waals surface area contributed by atoms with Crippen LogP contribution < -0.4 is 5.32 Å². The lowest BCUT2D eigenvalue weighted by Gasteiger charge is -2.50. The molecular formula is C59H97NO41S2. The van der Waals surface area contributed by atoms with Gasteiger partial charge in [-0.15, -0.1) is 0 Å². The number of rotatable bonds is 27. The number of carboxylic acids is 2. The smallest absolute Gasteiger partial charge is 0.321 e. The summed E-state index contributed by atoms with van der Waals surface area (Å²) in [6.07, 6.45) is -73.1. The molecule has 0 saturated carbocycles. The van der Waals surface area contributed by atoms with E-state index in [9.17, 15) is 126 Å². The lowest BCUT2D eigenvalue weighted by Crippen LogP contribution is -2.68. The van der Waals surface area contributed by atoms with Crippen LogP contribution in [0.1, 0.15) is 26.2 Å². The summed E-state index contributed by atoms with van der Waals surface area (Å²) < 4.78 is 93.3. The number of aliphatic hydroxyl groups excluding tert-OH is 19. The highest BCUT2D eigenvalue weighted by molar-refractivity contribution is 7.99. The van der Waals surface area contributed by atoms with Gasteiger partial charge in [0.2, 0.25) is 0 Å². The first-order valence-electron chi connectivity index (χ1n) is 33.2. The van der Waals surface area contributed by atoms with E-state index in [-0.39, 0.29) is 62.3 Å². The van der Waals surface area contributed by atoms with E-state index in [1.54, 1.807) is 0 Å². The normalized spacial score (nSPS) is 44.9. The van der Waals surface area contributed by atoms with Gasteiger partial charge in [-0.2, -0.15) is 23.5 Å². The Hall–Kier alpha value is -2.46. The molecule has 21 rings (SSSR count). The Morgan fingerprint density at radius 1 is 0.350 bits per heavy atom. The van der Waals surface area contributed by atoms with Crippen molar-refractivity contribution in [2.45, 2.75) is 247 Å². The summed E-state index contributed by atoms with van der Waals surface area (Å²) in [6, 6.07) is -1.18. The zero-order valence-electron chi connectivity index (χ0n) is 55.5. The first-order chi connectivity index (χ1) is 49.0. The number of nitrogens with one attached hydrogen (secondary N) is 1. The minimum Gasteiger partial charge on any atom is -0.481 e. The molecular weight excluding hydrogens is 1440 g/mol. The van der Waals surface area contributed by atoms with Crippen molar-refractivity contribution in [1.29, 1.82) is 0 Å². The van der Waals surface area contributed by atoms with Gasteiger partial charge in [0.25, 0.3) is 0 Å². The van der Waals surface area contributed by atoms with Crippen LogP contribution in [-0.2, 0) is 95.0 Å². The Bertz CT molecular complexity index is 2610.